The first kappa shape index (κ1) is 22.0. The fourth-order valence-electron chi connectivity index (χ4n) is 3.34. The number of carbonyl (C=O) groups excluding carboxylic acids is 2. The molecule has 0 bridgehead atoms. The van der Waals surface area contributed by atoms with E-state index in [1.165, 1.54) is 4.90 Å². The van der Waals surface area contributed by atoms with Crippen LogP contribution < -0.4 is 0 Å². The van der Waals surface area contributed by atoms with Crippen molar-refractivity contribution >= 4 is 51.9 Å². The quantitative estimate of drug-likeness (QED) is 0.215. The summed E-state index contributed by atoms with van der Waals surface area (Å²) in [5.74, 6) is 0.756. The normalized spacial score (nSPS) is 15.5. The molecule has 0 saturated carbocycles. The fourth-order valence-corrected chi connectivity index (χ4v) is 5.36. The number of halogens is 1. The number of aryl methyl sites for hydroxylation is 1. The Morgan fingerprint density at radius 3 is 2.77 bits per heavy atom. The number of unbranched alkanes of at least 4 members (excludes halogenated alkanes) is 1. The average molecular weight is 472 g/mol. The Morgan fingerprint density at radius 2 is 1.94 bits per heavy atom. The van der Waals surface area contributed by atoms with E-state index >= 15 is 0 Å². The Labute approximate surface area is 194 Å². The van der Waals surface area contributed by atoms with E-state index in [1.807, 2.05) is 48.7 Å². The highest BCUT2D eigenvalue weighted by Gasteiger charge is 2.34. The van der Waals surface area contributed by atoms with E-state index in [0.29, 0.717) is 22.9 Å². The summed E-state index contributed by atoms with van der Waals surface area (Å²) in [7, 11) is 0. The van der Waals surface area contributed by atoms with Gasteiger partial charge in [-0.25, -0.2) is 4.98 Å². The maximum atomic E-state index is 12.6. The highest BCUT2D eigenvalue weighted by Crippen LogP contribution is 2.31. The van der Waals surface area contributed by atoms with E-state index < -0.39 is 0 Å². The third-order valence-electron chi connectivity index (χ3n) is 4.97. The second-order valence-corrected chi connectivity index (χ2v) is 9.68. The molecule has 0 N–H and O–H groups in total. The van der Waals surface area contributed by atoms with Gasteiger partial charge in [0, 0.05) is 24.0 Å². The van der Waals surface area contributed by atoms with E-state index in [0.717, 1.165) is 53.0 Å². The molecule has 3 heterocycles. The molecule has 1 saturated heterocycles. The molecule has 4 rings (SSSR count). The topological polar surface area (TPSA) is 54.7 Å². The monoisotopic (exact) mass is 471 g/mol. The summed E-state index contributed by atoms with van der Waals surface area (Å²) in [6, 6.07) is 13.7. The van der Waals surface area contributed by atoms with Gasteiger partial charge in [0.2, 0.25) is 0 Å². The molecule has 2 aromatic heterocycles. The van der Waals surface area contributed by atoms with Gasteiger partial charge in [0.05, 0.1) is 9.93 Å². The van der Waals surface area contributed by atoms with Crippen LogP contribution in [0, 0.1) is 0 Å². The predicted molar refractivity (Wildman–Crippen MR) is 128 cm³/mol. The van der Waals surface area contributed by atoms with Gasteiger partial charge in [0.15, 0.2) is 0 Å². The number of rotatable bonds is 9. The molecule has 0 radical (unpaired) electrons. The molecular formula is C23H22ClN3O2S2. The summed E-state index contributed by atoms with van der Waals surface area (Å²) in [6.45, 7) is 0.467. The van der Waals surface area contributed by atoms with Crippen molar-refractivity contribution in [1.29, 1.82) is 0 Å². The fraction of sp³-hybridized carbons (Fsp3) is 0.261. The zero-order valence-corrected chi connectivity index (χ0v) is 19.3. The Balaban J connectivity index is 1.21. The number of amides is 2. The van der Waals surface area contributed by atoms with Gasteiger partial charge in [-0.3, -0.25) is 18.9 Å². The third kappa shape index (κ3) is 5.53. The number of imidazole rings is 1. The average Bonchev–Trinajstić information content (AvgIpc) is 3.35. The lowest BCUT2D eigenvalue weighted by molar-refractivity contribution is -0.122. The SMILES string of the molecule is O=C1S/C(=C/CCc2ccc(Cl)cc2)C(=O)N1CCCCSc1cccc2nccn12. The number of carbonyl (C=O) groups is 2. The molecule has 0 atom stereocenters. The molecule has 1 aliphatic rings. The van der Waals surface area contributed by atoms with Crippen LogP contribution in [0.25, 0.3) is 5.65 Å². The van der Waals surface area contributed by atoms with Crippen LogP contribution in [0.15, 0.2) is 70.9 Å². The first-order valence-corrected chi connectivity index (χ1v) is 12.3. The molecule has 1 fully saturated rings. The van der Waals surface area contributed by atoms with Crippen LogP contribution in [-0.2, 0) is 11.2 Å². The lowest BCUT2D eigenvalue weighted by Gasteiger charge is -2.12. The van der Waals surface area contributed by atoms with Gasteiger partial charge in [0.1, 0.15) is 5.65 Å². The summed E-state index contributed by atoms with van der Waals surface area (Å²) in [4.78, 5) is 31.1. The summed E-state index contributed by atoms with van der Waals surface area (Å²) < 4.78 is 2.07. The minimum atomic E-state index is -0.168. The van der Waals surface area contributed by atoms with E-state index in [2.05, 4.69) is 15.5 Å². The highest BCUT2D eigenvalue weighted by molar-refractivity contribution is 8.18. The summed E-state index contributed by atoms with van der Waals surface area (Å²) in [5, 5.41) is 1.69. The molecule has 1 aromatic carbocycles. The first-order chi connectivity index (χ1) is 15.1. The molecule has 1 aliphatic heterocycles. The second kappa shape index (κ2) is 10.4. The van der Waals surface area contributed by atoms with Gasteiger partial charge in [0.25, 0.3) is 11.1 Å². The maximum Gasteiger partial charge on any atom is 0.293 e. The predicted octanol–water partition coefficient (Wildman–Crippen LogP) is 6.07. The van der Waals surface area contributed by atoms with E-state index in [-0.39, 0.29) is 11.1 Å². The molecule has 160 valence electrons. The second-order valence-electron chi connectivity index (χ2n) is 7.13. The van der Waals surface area contributed by atoms with Gasteiger partial charge < -0.3 is 0 Å². The smallest absolute Gasteiger partial charge is 0.293 e. The minimum Gasteiger partial charge on any atom is -0.294 e. The Bertz CT molecular complexity index is 1110. The van der Waals surface area contributed by atoms with E-state index in [1.54, 1.807) is 18.0 Å². The molecule has 5 nitrogen and oxygen atoms in total. The van der Waals surface area contributed by atoms with Crippen molar-refractivity contribution in [3.8, 4) is 0 Å². The van der Waals surface area contributed by atoms with Gasteiger partial charge >= 0.3 is 0 Å². The van der Waals surface area contributed by atoms with Crippen LogP contribution in [0.1, 0.15) is 24.8 Å². The number of fused-ring (bicyclic) bond motifs is 1. The number of pyridine rings is 1. The molecule has 31 heavy (non-hydrogen) atoms. The van der Waals surface area contributed by atoms with Crippen molar-refractivity contribution in [2.75, 3.05) is 12.3 Å². The zero-order valence-electron chi connectivity index (χ0n) is 16.9. The third-order valence-corrected chi connectivity index (χ3v) is 7.30. The molecule has 0 aliphatic carbocycles. The van der Waals surface area contributed by atoms with Crippen LogP contribution in [0.5, 0.6) is 0 Å². The van der Waals surface area contributed by atoms with Crippen LogP contribution in [-0.4, -0.2) is 37.7 Å². The number of thioether (sulfide) groups is 2. The number of allylic oxidation sites excluding steroid dienone is 1. The van der Waals surface area contributed by atoms with Gasteiger partial charge in [-0.2, -0.15) is 0 Å². The number of nitrogens with zero attached hydrogens (tertiary/aromatic N) is 3. The number of imide groups is 1. The molecule has 0 unspecified atom stereocenters. The summed E-state index contributed by atoms with van der Waals surface area (Å²) in [6.07, 6.45) is 8.87. The van der Waals surface area contributed by atoms with Crippen LogP contribution in [0.4, 0.5) is 4.79 Å². The number of aromatic nitrogens is 2. The van der Waals surface area contributed by atoms with Crippen molar-refractivity contribution in [3.63, 3.8) is 0 Å². The zero-order chi connectivity index (χ0) is 21.6. The van der Waals surface area contributed by atoms with E-state index in [9.17, 15) is 9.59 Å². The Hall–Kier alpha value is -2.22. The van der Waals surface area contributed by atoms with Gasteiger partial charge in [-0.1, -0.05) is 35.9 Å². The van der Waals surface area contributed by atoms with Crippen molar-refractivity contribution in [1.82, 2.24) is 14.3 Å². The molecular weight excluding hydrogens is 450 g/mol. The highest BCUT2D eigenvalue weighted by atomic mass is 35.5. The number of benzene rings is 1. The van der Waals surface area contributed by atoms with Crippen LogP contribution in [0.3, 0.4) is 0 Å². The molecule has 3 aromatic rings. The summed E-state index contributed by atoms with van der Waals surface area (Å²) >= 11 is 8.71. The van der Waals surface area contributed by atoms with Crippen molar-refractivity contribution in [3.05, 3.63) is 76.4 Å². The van der Waals surface area contributed by atoms with Gasteiger partial charge in [-0.15, -0.1) is 11.8 Å². The molecule has 8 heteroatoms. The van der Waals surface area contributed by atoms with Crippen LogP contribution >= 0.6 is 35.1 Å². The lowest BCUT2D eigenvalue weighted by atomic mass is 10.1. The molecule has 2 amide bonds. The standard InChI is InChI=1S/C23H22ClN3O2S2/c24-18-11-9-17(10-12-18)5-3-6-19-22(28)27(23(29)31-19)14-1-2-16-30-21-8-4-7-20-25-13-15-26(20)21/h4,6-13,15H,1-3,5,14,16H2/b19-6+. The van der Waals surface area contributed by atoms with Crippen molar-refractivity contribution < 1.29 is 9.59 Å². The lowest BCUT2D eigenvalue weighted by Crippen LogP contribution is -2.29. The van der Waals surface area contributed by atoms with Crippen molar-refractivity contribution in [2.24, 2.45) is 0 Å². The Morgan fingerprint density at radius 1 is 1.10 bits per heavy atom. The largest absolute Gasteiger partial charge is 0.294 e. The number of hydrogen-bond acceptors (Lipinski definition) is 5. The van der Waals surface area contributed by atoms with E-state index in [4.69, 9.17) is 11.6 Å². The first-order valence-electron chi connectivity index (χ1n) is 10.1. The van der Waals surface area contributed by atoms with Crippen molar-refractivity contribution in [2.45, 2.75) is 30.7 Å². The van der Waals surface area contributed by atoms with Gasteiger partial charge in [-0.05, 0) is 73.0 Å². The molecule has 0 spiro atoms. The Kier molecular flexibility index (Phi) is 7.37. The minimum absolute atomic E-state index is 0.165. The number of hydrogen-bond donors (Lipinski definition) is 0. The summed E-state index contributed by atoms with van der Waals surface area (Å²) in [5.41, 5.74) is 2.09. The maximum absolute atomic E-state index is 12.6. The van der Waals surface area contributed by atoms with Crippen LogP contribution in [0.2, 0.25) is 5.02 Å².